The van der Waals surface area contributed by atoms with Crippen LogP contribution in [-0.2, 0) is 0 Å². The summed E-state index contributed by atoms with van der Waals surface area (Å²) in [6.07, 6.45) is 3.87. The van der Waals surface area contributed by atoms with Gasteiger partial charge in [-0.05, 0) is 33.4 Å². The summed E-state index contributed by atoms with van der Waals surface area (Å²) in [5.41, 5.74) is 0. The van der Waals surface area contributed by atoms with Crippen molar-refractivity contribution in [1.29, 1.82) is 0 Å². The molecule has 0 aliphatic carbocycles. The normalized spacial score (nSPS) is 20.8. The third-order valence-corrected chi connectivity index (χ3v) is 3.84. The van der Waals surface area contributed by atoms with Gasteiger partial charge in [-0.1, -0.05) is 18.5 Å². The summed E-state index contributed by atoms with van der Waals surface area (Å²) in [5.74, 6) is 1.51. The Kier molecular flexibility index (Phi) is 5.43. The lowest BCUT2D eigenvalue weighted by atomic mass is 10.2. The van der Waals surface area contributed by atoms with Gasteiger partial charge < -0.3 is 15.1 Å². The molecule has 1 aromatic rings. The fourth-order valence-electron chi connectivity index (χ4n) is 2.57. The standard InChI is InChI=1S/C14H24ClN5/c1-4-6-16-14-17-9-12(15)13(18-14)20-8-5-7-19(3)10-11(20)2/h9,11H,4-8,10H2,1-3H3,(H,16,17,18). The van der Waals surface area contributed by atoms with Gasteiger partial charge in [-0.2, -0.15) is 4.98 Å². The highest BCUT2D eigenvalue weighted by atomic mass is 35.5. The maximum Gasteiger partial charge on any atom is 0.224 e. The first-order valence-electron chi connectivity index (χ1n) is 7.33. The number of nitrogens with one attached hydrogen (secondary N) is 1. The molecule has 1 atom stereocenters. The van der Waals surface area contributed by atoms with E-state index >= 15 is 0 Å². The molecule has 5 nitrogen and oxygen atoms in total. The van der Waals surface area contributed by atoms with E-state index in [9.17, 15) is 0 Å². The molecule has 0 amide bonds. The summed E-state index contributed by atoms with van der Waals surface area (Å²) in [6.45, 7) is 8.34. The zero-order valence-electron chi connectivity index (χ0n) is 12.6. The van der Waals surface area contributed by atoms with Crippen LogP contribution in [-0.4, -0.2) is 54.1 Å². The van der Waals surface area contributed by atoms with Gasteiger partial charge in [0.2, 0.25) is 5.95 Å². The molecule has 1 N–H and O–H groups in total. The van der Waals surface area contributed by atoms with E-state index in [1.54, 1.807) is 6.20 Å². The average Bonchev–Trinajstić information content (AvgIpc) is 2.58. The molecule has 1 aromatic heterocycles. The molecule has 0 bridgehead atoms. The Balaban J connectivity index is 2.20. The molecule has 0 saturated carbocycles. The Morgan fingerprint density at radius 1 is 1.45 bits per heavy atom. The number of halogens is 1. The Morgan fingerprint density at radius 2 is 2.25 bits per heavy atom. The van der Waals surface area contributed by atoms with Crippen molar-refractivity contribution in [3.05, 3.63) is 11.2 Å². The highest BCUT2D eigenvalue weighted by Crippen LogP contribution is 2.27. The zero-order chi connectivity index (χ0) is 14.5. The maximum absolute atomic E-state index is 6.31. The van der Waals surface area contributed by atoms with E-state index < -0.39 is 0 Å². The molecule has 20 heavy (non-hydrogen) atoms. The van der Waals surface area contributed by atoms with Crippen molar-refractivity contribution in [1.82, 2.24) is 14.9 Å². The Morgan fingerprint density at radius 3 is 3.00 bits per heavy atom. The second-order valence-corrected chi connectivity index (χ2v) is 5.86. The lowest BCUT2D eigenvalue weighted by molar-refractivity contribution is 0.337. The first kappa shape index (κ1) is 15.3. The SMILES string of the molecule is CCCNc1ncc(Cl)c(N2CCCN(C)CC2C)n1. The van der Waals surface area contributed by atoms with Crippen molar-refractivity contribution in [2.75, 3.05) is 43.4 Å². The van der Waals surface area contributed by atoms with Gasteiger partial charge in [0.05, 0.1) is 6.20 Å². The van der Waals surface area contributed by atoms with E-state index in [1.807, 2.05) is 0 Å². The van der Waals surface area contributed by atoms with Crippen molar-refractivity contribution >= 4 is 23.4 Å². The molecule has 1 aliphatic rings. The second-order valence-electron chi connectivity index (χ2n) is 5.45. The minimum Gasteiger partial charge on any atom is -0.354 e. The molecule has 6 heteroatoms. The van der Waals surface area contributed by atoms with Crippen molar-refractivity contribution in [3.63, 3.8) is 0 Å². The van der Waals surface area contributed by atoms with Gasteiger partial charge in [-0.3, -0.25) is 0 Å². The molecule has 1 aliphatic heterocycles. The summed E-state index contributed by atoms with van der Waals surface area (Å²) in [6, 6.07) is 0.397. The molecule has 2 heterocycles. The molecule has 2 rings (SSSR count). The van der Waals surface area contributed by atoms with Gasteiger partial charge in [0.1, 0.15) is 5.02 Å². The highest BCUT2D eigenvalue weighted by molar-refractivity contribution is 6.32. The highest BCUT2D eigenvalue weighted by Gasteiger charge is 2.23. The summed E-state index contributed by atoms with van der Waals surface area (Å²) < 4.78 is 0. The molecular weight excluding hydrogens is 274 g/mol. The van der Waals surface area contributed by atoms with E-state index in [1.165, 1.54) is 0 Å². The van der Waals surface area contributed by atoms with E-state index in [2.05, 4.69) is 46.0 Å². The number of anilines is 2. The van der Waals surface area contributed by atoms with Crippen molar-refractivity contribution < 1.29 is 0 Å². The van der Waals surface area contributed by atoms with Crippen molar-refractivity contribution in [2.24, 2.45) is 0 Å². The Bertz CT molecular complexity index is 440. The number of rotatable bonds is 4. The lowest BCUT2D eigenvalue weighted by Gasteiger charge is -2.29. The molecule has 0 spiro atoms. The van der Waals surface area contributed by atoms with Crippen LogP contribution in [0, 0.1) is 0 Å². The van der Waals surface area contributed by atoms with E-state index in [-0.39, 0.29) is 0 Å². The van der Waals surface area contributed by atoms with Crippen LogP contribution in [0.15, 0.2) is 6.20 Å². The van der Waals surface area contributed by atoms with Crippen LogP contribution in [0.25, 0.3) is 0 Å². The predicted molar refractivity (Wildman–Crippen MR) is 84.7 cm³/mol. The minimum absolute atomic E-state index is 0.397. The van der Waals surface area contributed by atoms with Crippen LogP contribution in [0.1, 0.15) is 26.7 Å². The fourth-order valence-corrected chi connectivity index (χ4v) is 2.77. The van der Waals surface area contributed by atoms with E-state index in [4.69, 9.17) is 11.6 Å². The monoisotopic (exact) mass is 297 g/mol. The summed E-state index contributed by atoms with van der Waals surface area (Å²) in [7, 11) is 2.16. The Hall–Kier alpha value is -1.07. The quantitative estimate of drug-likeness (QED) is 0.925. The summed E-state index contributed by atoms with van der Waals surface area (Å²) in [5, 5.41) is 3.85. The third kappa shape index (κ3) is 3.73. The van der Waals surface area contributed by atoms with E-state index in [0.29, 0.717) is 17.0 Å². The van der Waals surface area contributed by atoms with Crippen LogP contribution in [0.2, 0.25) is 5.02 Å². The Labute approximate surface area is 126 Å². The van der Waals surface area contributed by atoms with Crippen LogP contribution < -0.4 is 10.2 Å². The van der Waals surface area contributed by atoms with Gasteiger partial charge in [0.15, 0.2) is 5.82 Å². The first-order chi connectivity index (χ1) is 9.61. The lowest BCUT2D eigenvalue weighted by Crippen LogP contribution is -2.38. The summed E-state index contributed by atoms with van der Waals surface area (Å²) >= 11 is 6.31. The molecule has 112 valence electrons. The maximum atomic E-state index is 6.31. The molecule has 0 radical (unpaired) electrons. The van der Waals surface area contributed by atoms with Gasteiger partial charge >= 0.3 is 0 Å². The van der Waals surface area contributed by atoms with Crippen LogP contribution in [0.5, 0.6) is 0 Å². The third-order valence-electron chi connectivity index (χ3n) is 3.58. The van der Waals surface area contributed by atoms with Crippen LogP contribution >= 0.6 is 11.6 Å². The number of aromatic nitrogens is 2. The van der Waals surface area contributed by atoms with Crippen LogP contribution in [0.4, 0.5) is 11.8 Å². The van der Waals surface area contributed by atoms with Crippen molar-refractivity contribution in [2.45, 2.75) is 32.7 Å². The smallest absolute Gasteiger partial charge is 0.224 e. The topological polar surface area (TPSA) is 44.3 Å². The predicted octanol–water partition coefficient (Wildman–Crippen LogP) is 2.48. The van der Waals surface area contributed by atoms with Gasteiger partial charge in [-0.25, -0.2) is 4.98 Å². The molecule has 1 saturated heterocycles. The van der Waals surface area contributed by atoms with Crippen molar-refractivity contribution in [3.8, 4) is 0 Å². The molecular formula is C14H24ClN5. The number of nitrogens with zero attached hydrogens (tertiary/aromatic N) is 4. The minimum atomic E-state index is 0.397. The van der Waals surface area contributed by atoms with E-state index in [0.717, 1.165) is 44.8 Å². The fraction of sp³-hybridized carbons (Fsp3) is 0.714. The number of hydrogen-bond acceptors (Lipinski definition) is 5. The zero-order valence-corrected chi connectivity index (χ0v) is 13.3. The molecule has 0 aromatic carbocycles. The number of likely N-dealkylation sites (N-methyl/N-ethyl adjacent to an activating group) is 1. The first-order valence-corrected chi connectivity index (χ1v) is 7.71. The average molecular weight is 298 g/mol. The van der Waals surface area contributed by atoms with Crippen LogP contribution in [0.3, 0.4) is 0 Å². The van der Waals surface area contributed by atoms with Gasteiger partial charge in [0, 0.05) is 25.7 Å². The van der Waals surface area contributed by atoms with Gasteiger partial charge in [-0.15, -0.1) is 0 Å². The summed E-state index contributed by atoms with van der Waals surface area (Å²) in [4.78, 5) is 13.5. The molecule has 1 unspecified atom stereocenters. The number of hydrogen-bond donors (Lipinski definition) is 1. The van der Waals surface area contributed by atoms with Gasteiger partial charge in [0.25, 0.3) is 0 Å². The second kappa shape index (κ2) is 7.09. The molecule has 1 fully saturated rings. The largest absolute Gasteiger partial charge is 0.354 e.